The quantitative estimate of drug-likeness (QED) is 0.537. The second-order valence-electron chi connectivity index (χ2n) is 6.07. The number of ether oxygens (including phenoxy) is 2. The zero-order valence-electron chi connectivity index (χ0n) is 15.4. The molecule has 0 aliphatic heterocycles. The molecule has 3 rings (SSSR count). The van der Waals surface area contributed by atoms with E-state index in [1.807, 2.05) is 0 Å². The van der Waals surface area contributed by atoms with Gasteiger partial charge in [0.15, 0.2) is 12.4 Å². The van der Waals surface area contributed by atoms with Crippen LogP contribution in [0.15, 0.2) is 60.8 Å². The van der Waals surface area contributed by atoms with Gasteiger partial charge in [-0.3, -0.25) is 4.79 Å². The lowest BCUT2D eigenvalue weighted by Crippen LogP contribution is -2.17. The smallest absolute Gasteiger partial charge is 0.471 e. The van der Waals surface area contributed by atoms with Crippen LogP contribution in [0, 0.1) is 0 Å². The summed E-state index contributed by atoms with van der Waals surface area (Å²) in [5.41, 5.74) is -0.699. The lowest BCUT2D eigenvalue weighted by atomic mass is 10.2. The second-order valence-corrected chi connectivity index (χ2v) is 6.07. The number of benzene rings is 2. The topological polar surface area (TPSA) is 65.4 Å². The molecule has 0 saturated heterocycles. The molecule has 6 nitrogen and oxygen atoms in total. The number of carbonyl (C=O) groups excluding carboxylic acids is 1. The minimum absolute atomic E-state index is 0.0301. The number of nitrogens with one attached hydrogen (secondary N) is 1. The zero-order chi connectivity index (χ0) is 22.6. The van der Waals surface area contributed by atoms with Gasteiger partial charge in [0.05, 0.1) is 5.56 Å². The van der Waals surface area contributed by atoms with E-state index in [1.54, 1.807) is 0 Å². The Bertz CT molecular complexity index is 1050. The number of anilines is 1. The first-order valence-electron chi connectivity index (χ1n) is 8.50. The summed E-state index contributed by atoms with van der Waals surface area (Å²) in [5, 5.41) is 6.38. The molecule has 12 heteroatoms. The molecule has 0 saturated carbocycles. The number of hydrogen-bond donors (Lipinski definition) is 1. The number of amides is 1. The maximum atomic E-state index is 12.7. The number of halogens is 6. The molecule has 0 aliphatic carbocycles. The summed E-state index contributed by atoms with van der Waals surface area (Å²) in [4.78, 5) is 12.2. The summed E-state index contributed by atoms with van der Waals surface area (Å²) in [6.07, 6.45) is -7.95. The first-order valence-corrected chi connectivity index (χ1v) is 8.50. The van der Waals surface area contributed by atoms with Crippen molar-refractivity contribution in [2.45, 2.75) is 19.3 Å². The molecule has 1 amide bonds. The summed E-state index contributed by atoms with van der Waals surface area (Å²) in [5.74, 6) is -1.12. The highest BCUT2D eigenvalue weighted by molar-refractivity contribution is 6.02. The van der Waals surface area contributed by atoms with Crippen LogP contribution in [0.5, 0.6) is 11.5 Å². The zero-order valence-corrected chi connectivity index (χ0v) is 15.4. The van der Waals surface area contributed by atoms with Gasteiger partial charge in [-0.1, -0.05) is 6.07 Å². The lowest BCUT2D eigenvalue weighted by molar-refractivity contribution is -0.274. The first-order chi connectivity index (χ1) is 14.5. The second kappa shape index (κ2) is 8.58. The average molecular weight is 445 g/mol. The van der Waals surface area contributed by atoms with Gasteiger partial charge in [-0.2, -0.15) is 18.3 Å². The Morgan fingerprint density at radius 1 is 0.968 bits per heavy atom. The van der Waals surface area contributed by atoms with E-state index in [4.69, 9.17) is 4.74 Å². The fourth-order valence-electron chi connectivity index (χ4n) is 2.39. The van der Waals surface area contributed by atoms with Crippen molar-refractivity contribution in [1.29, 1.82) is 0 Å². The van der Waals surface area contributed by atoms with Crippen LogP contribution in [-0.2, 0) is 12.9 Å². The standard InChI is InChI=1S/C19H13F6N3O3/c20-18(21,22)12-2-1-3-15(10-12)30-11-28-9-8-16(27-28)17(29)26-13-4-6-14(7-5-13)31-19(23,24)25/h1-10H,11H2,(H,26,29). The summed E-state index contributed by atoms with van der Waals surface area (Å²) < 4.78 is 84.8. The van der Waals surface area contributed by atoms with Crippen molar-refractivity contribution in [2.24, 2.45) is 0 Å². The molecule has 3 aromatic rings. The van der Waals surface area contributed by atoms with E-state index >= 15 is 0 Å². The molecule has 164 valence electrons. The average Bonchev–Trinajstić information content (AvgIpc) is 3.16. The van der Waals surface area contributed by atoms with Crippen LogP contribution >= 0.6 is 0 Å². The third kappa shape index (κ3) is 6.39. The molecule has 1 aromatic heterocycles. The van der Waals surface area contributed by atoms with Crippen LogP contribution in [0.25, 0.3) is 0 Å². The number of rotatable bonds is 6. The monoisotopic (exact) mass is 445 g/mol. The summed E-state index contributed by atoms with van der Waals surface area (Å²) in [6, 6.07) is 10.1. The Hall–Kier alpha value is -3.70. The Kier molecular flexibility index (Phi) is 6.09. The molecule has 0 fully saturated rings. The SMILES string of the molecule is O=C(Nc1ccc(OC(F)(F)F)cc1)c1ccn(COc2cccc(C(F)(F)F)c2)n1. The Balaban J connectivity index is 1.57. The van der Waals surface area contributed by atoms with E-state index in [1.165, 1.54) is 41.2 Å². The highest BCUT2D eigenvalue weighted by atomic mass is 19.4. The molecular weight excluding hydrogens is 432 g/mol. The molecule has 0 unspecified atom stereocenters. The van der Waals surface area contributed by atoms with Gasteiger partial charge in [0, 0.05) is 11.9 Å². The van der Waals surface area contributed by atoms with Gasteiger partial charge in [-0.15, -0.1) is 13.2 Å². The van der Waals surface area contributed by atoms with Gasteiger partial charge in [0.1, 0.15) is 11.5 Å². The predicted octanol–water partition coefficient (Wildman–Crippen LogP) is 5.09. The highest BCUT2D eigenvalue weighted by Gasteiger charge is 2.31. The molecule has 0 atom stereocenters. The third-order valence-electron chi connectivity index (χ3n) is 3.74. The van der Waals surface area contributed by atoms with Gasteiger partial charge in [-0.05, 0) is 48.5 Å². The first kappa shape index (κ1) is 22.0. The van der Waals surface area contributed by atoms with E-state index in [2.05, 4.69) is 15.2 Å². The highest BCUT2D eigenvalue weighted by Crippen LogP contribution is 2.31. The predicted molar refractivity (Wildman–Crippen MR) is 95.4 cm³/mol. The van der Waals surface area contributed by atoms with Crippen molar-refractivity contribution in [2.75, 3.05) is 5.32 Å². The number of carbonyl (C=O) groups is 1. The van der Waals surface area contributed by atoms with E-state index < -0.39 is 29.8 Å². The van der Waals surface area contributed by atoms with Crippen LogP contribution in [0.2, 0.25) is 0 Å². The van der Waals surface area contributed by atoms with E-state index in [0.29, 0.717) is 0 Å². The molecule has 1 N–H and O–H groups in total. The maximum Gasteiger partial charge on any atom is 0.573 e. The van der Waals surface area contributed by atoms with Crippen molar-refractivity contribution in [3.05, 3.63) is 72.1 Å². The fraction of sp³-hybridized carbons (Fsp3) is 0.158. The van der Waals surface area contributed by atoms with Crippen LogP contribution in [-0.4, -0.2) is 22.1 Å². The minimum atomic E-state index is -4.83. The normalized spacial score (nSPS) is 11.8. The molecule has 0 aliphatic rings. The number of nitrogens with zero attached hydrogens (tertiary/aromatic N) is 2. The van der Waals surface area contributed by atoms with E-state index in [9.17, 15) is 31.1 Å². The van der Waals surface area contributed by atoms with Crippen LogP contribution in [0.3, 0.4) is 0 Å². The Morgan fingerprint density at radius 3 is 2.32 bits per heavy atom. The van der Waals surface area contributed by atoms with Crippen molar-refractivity contribution in [1.82, 2.24) is 9.78 Å². The number of alkyl halides is 6. The molecule has 2 aromatic carbocycles. The minimum Gasteiger partial charge on any atom is -0.471 e. The molecule has 0 radical (unpaired) electrons. The van der Waals surface area contributed by atoms with Crippen LogP contribution < -0.4 is 14.8 Å². The van der Waals surface area contributed by atoms with Crippen molar-refractivity contribution in [3.63, 3.8) is 0 Å². The maximum absolute atomic E-state index is 12.7. The summed E-state index contributed by atoms with van der Waals surface area (Å²) >= 11 is 0. The molecular formula is C19H13F6N3O3. The summed E-state index contributed by atoms with van der Waals surface area (Å²) in [6.45, 7) is -0.252. The lowest BCUT2D eigenvalue weighted by Gasteiger charge is -2.10. The fourth-order valence-corrected chi connectivity index (χ4v) is 2.39. The van der Waals surface area contributed by atoms with E-state index in [-0.39, 0.29) is 23.9 Å². The third-order valence-corrected chi connectivity index (χ3v) is 3.74. The van der Waals surface area contributed by atoms with Gasteiger partial charge in [0.2, 0.25) is 0 Å². The van der Waals surface area contributed by atoms with E-state index in [0.717, 1.165) is 24.3 Å². The van der Waals surface area contributed by atoms with Crippen LogP contribution in [0.1, 0.15) is 16.1 Å². The number of aromatic nitrogens is 2. The molecule has 1 heterocycles. The van der Waals surface area contributed by atoms with Crippen molar-refractivity contribution in [3.8, 4) is 11.5 Å². The van der Waals surface area contributed by atoms with Crippen molar-refractivity contribution >= 4 is 11.6 Å². The van der Waals surface area contributed by atoms with Gasteiger partial charge in [-0.25, -0.2) is 4.68 Å². The molecule has 0 bridgehead atoms. The number of hydrogen-bond acceptors (Lipinski definition) is 4. The van der Waals surface area contributed by atoms with Gasteiger partial charge in [0.25, 0.3) is 5.91 Å². The molecule has 31 heavy (non-hydrogen) atoms. The van der Waals surface area contributed by atoms with Crippen LogP contribution in [0.4, 0.5) is 32.0 Å². The Labute approximate surface area is 171 Å². The van der Waals surface area contributed by atoms with Crippen molar-refractivity contribution < 1.29 is 40.6 Å². The largest absolute Gasteiger partial charge is 0.573 e. The van der Waals surface area contributed by atoms with Gasteiger partial charge < -0.3 is 14.8 Å². The Morgan fingerprint density at radius 2 is 1.68 bits per heavy atom. The molecule has 0 spiro atoms. The van der Waals surface area contributed by atoms with Gasteiger partial charge >= 0.3 is 12.5 Å². The summed E-state index contributed by atoms with van der Waals surface area (Å²) in [7, 11) is 0.